The first kappa shape index (κ1) is 21.1. The maximum atomic E-state index is 13.8. The number of carbonyl (C=O) groups is 1. The summed E-state index contributed by atoms with van der Waals surface area (Å²) in [6, 6.07) is 16.9. The second-order valence-electron chi connectivity index (χ2n) is 7.98. The number of benzene rings is 2. The second-order valence-corrected chi connectivity index (χ2v) is 7.98. The standard InChI is InChI=1S/C24H18F4N4O/c25-18-8-6-15(7-9-18)17-10-11-31(14-17)23(33)20-13-22-29-19(16-4-2-1-3-5-16)12-21(24(26,27)28)32(22)30-20/h1-9,12-13,17H,10-11,14H2. The van der Waals surface area contributed by atoms with Crippen LogP contribution in [0.15, 0.2) is 66.7 Å². The summed E-state index contributed by atoms with van der Waals surface area (Å²) in [6.45, 7) is 0.816. The fraction of sp³-hybridized carbons (Fsp3) is 0.208. The molecule has 4 aromatic rings. The Kier molecular flexibility index (Phi) is 5.11. The van der Waals surface area contributed by atoms with Crippen molar-refractivity contribution >= 4 is 11.6 Å². The Balaban J connectivity index is 1.47. The number of amides is 1. The molecule has 168 valence electrons. The van der Waals surface area contributed by atoms with E-state index in [1.54, 1.807) is 47.4 Å². The zero-order valence-corrected chi connectivity index (χ0v) is 17.3. The van der Waals surface area contributed by atoms with E-state index in [0.717, 1.165) is 11.6 Å². The van der Waals surface area contributed by atoms with Crippen LogP contribution in [0.1, 0.15) is 34.1 Å². The molecule has 0 bridgehead atoms. The molecule has 1 unspecified atom stereocenters. The van der Waals surface area contributed by atoms with Crippen LogP contribution in [0, 0.1) is 5.82 Å². The van der Waals surface area contributed by atoms with E-state index < -0.39 is 17.8 Å². The van der Waals surface area contributed by atoms with E-state index in [4.69, 9.17) is 0 Å². The summed E-state index contributed by atoms with van der Waals surface area (Å²) in [4.78, 5) is 18.9. The number of rotatable bonds is 3. The molecule has 1 fully saturated rings. The lowest BCUT2D eigenvalue weighted by molar-refractivity contribution is -0.142. The highest BCUT2D eigenvalue weighted by Gasteiger charge is 2.36. The SMILES string of the molecule is O=C(c1cc2nc(-c3ccccc3)cc(C(F)(F)F)n2n1)N1CCC(c2ccc(F)cc2)C1. The average Bonchev–Trinajstić information content (AvgIpc) is 3.46. The first-order valence-electron chi connectivity index (χ1n) is 10.4. The minimum absolute atomic E-state index is 0.0279. The fourth-order valence-electron chi connectivity index (χ4n) is 4.15. The third-order valence-corrected chi connectivity index (χ3v) is 5.82. The van der Waals surface area contributed by atoms with Gasteiger partial charge in [0.25, 0.3) is 5.91 Å². The van der Waals surface area contributed by atoms with Crippen LogP contribution in [0.4, 0.5) is 17.6 Å². The minimum atomic E-state index is -4.68. The molecule has 0 N–H and O–H groups in total. The predicted molar refractivity (Wildman–Crippen MR) is 113 cm³/mol. The van der Waals surface area contributed by atoms with Crippen molar-refractivity contribution < 1.29 is 22.4 Å². The summed E-state index contributed by atoms with van der Waals surface area (Å²) in [5.74, 6) is -0.767. The van der Waals surface area contributed by atoms with Crippen molar-refractivity contribution in [3.8, 4) is 11.3 Å². The van der Waals surface area contributed by atoms with Gasteiger partial charge in [0.05, 0.1) is 5.69 Å². The van der Waals surface area contributed by atoms with Crippen LogP contribution < -0.4 is 0 Å². The van der Waals surface area contributed by atoms with Gasteiger partial charge in [0.2, 0.25) is 0 Å². The van der Waals surface area contributed by atoms with E-state index in [1.165, 1.54) is 18.2 Å². The first-order valence-corrected chi connectivity index (χ1v) is 10.4. The van der Waals surface area contributed by atoms with Crippen LogP contribution >= 0.6 is 0 Å². The molecule has 0 spiro atoms. The summed E-state index contributed by atoms with van der Waals surface area (Å²) in [7, 11) is 0. The molecule has 9 heteroatoms. The third-order valence-electron chi connectivity index (χ3n) is 5.82. The molecule has 1 aliphatic heterocycles. The van der Waals surface area contributed by atoms with Gasteiger partial charge in [-0.3, -0.25) is 4.79 Å². The predicted octanol–water partition coefficient (Wildman–Crippen LogP) is 5.18. The van der Waals surface area contributed by atoms with Crippen molar-refractivity contribution in [1.29, 1.82) is 0 Å². The molecule has 1 amide bonds. The Bertz CT molecular complexity index is 1320. The highest BCUT2D eigenvalue weighted by molar-refractivity contribution is 5.93. The van der Waals surface area contributed by atoms with E-state index in [1.807, 2.05) is 0 Å². The highest BCUT2D eigenvalue weighted by Crippen LogP contribution is 2.33. The number of carbonyl (C=O) groups excluding carboxylic acids is 1. The summed E-state index contributed by atoms with van der Waals surface area (Å²) >= 11 is 0. The number of nitrogens with zero attached hydrogens (tertiary/aromatic N) is 4. The van der Waals surface area contributed by atoms with E-state index in [2.05, 4.69) is 10.1 Å². The van der Waals surface area contributed by atoms with Crippen molar-refractivity contribution in [2.45, 2.75) is 18.5 Å². The van der Waals surface area contributed by atoms with Gasteiger partial charge in [-0.1, -0.05) is 42.5 Å². The van der Waals surface area contributed by atoms with E-state index in [9.17, 15) is 22.4 Å². The Morgan fingerprint density at radius 1 is 1.00 bits per heavy atom. The van der Waals surface area contributed by atoms with E-state index in [0.29, 0.717) is 29.6 Å². The lowest BCUT2D eigenvalue weighted by atomic mass is 9.99. The Morgan fingerprint density at radius 2 is 1.73 bits per heavy atom. The Labute approximate surface area is 186 Å². The largest absolute Gasteiger partial charge is 0.433 e. The molecule has 0 radical (unpaired) electrons. The number of likely N-dealkylation sites (tertiary alicyclic amines) is 1. The topological polar surface area (TPSA) is 50.5 Å². The molecule has 0 saturated carbocycles. The van der Waals surface area contributed by atoms with Gasteiger partial charge in [0.1, 0.15) is 5.82 Å². The molecule has 1 saturated heterocycles. The van der Waals surface area contributed by atoms with Crippen molar-refractivity contribution in [2.24, 2.45) is 0 Å². The third kappa shape index (κ3) is 4.06. The van der Waals surface area contributed by atoms with Crippen LogP contribution in [0.5, 0.6) is 0 Å². The number of fused-ring (bicyclic) bond motifs is 1. The average molecular weight is 454 g/mol. The molecule has 3 heterocycles. The van der Waals surface area contributed by atoms with E-state index >= 15 is 0 Å². The van der Waals surface area contributed by atoms with Gasteiger partial charge in [-0.25, -0.2) is 13.9 Å². The van der Waals surface area contributed by atoms with Gasteiger partial charge >= 0.3 is 6.18 Å². The van der Waals surface area contributed by atoms with Crippen LogP contribution in [0.2, 0.25) is 0 Å². The lowest BCUT2D eigenvalue weighted by Crippen LogP contribution is -2.29. The van der Waals surface area contributed by atoms with Crippen LogP contribution in [0.25, 0.3) is 16.9 Å². The van der Waals surface area contributed by atoms with Crippen molar-refractivity contribution in [1.82, 2.24) is 19.5 Å². The molecular formula is C24H18F4N4O. The molecule has 0 aliphatic carbocycles. The first-order chi connectivity index (χ1) is 15.8. The Morgan fingerprint density at radius 3 is 2.42 bits per heavy atom. The lowest BCUT2D eigenvalue weighted by Gasteiger charge is -2.15. The maximum absolute atomic E-state index is 13.8. The maximum Gasteiger partial charge on any atom is 0.433 e. The van der Waals surface area contributed by atoms with Gasteiger partial charge in [0.15, 0.2) is 17.0 Å². The van der Waals surface area contributed by atoms with Gasteiger partial charge in [-0.15, -0.1) is 0 Å². The number of aromatic nitrogens is 3. The van der Waals surface area contributed by atoms with Gasteiger partial charge in [-0.05, 0) is 30.2 Å². The zero-order chi connectivity index (χ0) is 23.2. The van der Waals surface area contributed by atoms with Crippen LogP contribution in [0.3, 0.4) is 0 Å². The number of halogens is 4. The molecule has 1 aliphatic rings. The van der Waals surface area contributed by atoms with Crippen molar-refractivity contribution in [3.05, 3.63) is 89.5 Å². The number of alkyl halides is 3. The summed E-state index contributed by atoms with van der Waals surface area (Å²) in [5, 5.41) is 3.96. The second kappa shape index (κ2) is 7.99. The molecule has 5 nitrogen and oxygen atoms in total. The number of hydrogen-bond donors (Lipinski definition) is 0. The van der Waals surface area contributed by atoms with Crippen LogP contribution in [-0.4, -0.2) is 38.5 Å². The monoisotopic (exact) mass is 454 g/mol. The summed E-state index contributed by atoms with van der Waals surface area (Å²) < 4.78 is 55.2. The Hall–Kier alpha value is -3.75. The molecule has 33 heavy (non-hydrogen) atoms. The zero-order valence-electron chi connectivity index (χ0n) is 17.3. The van der Waals surface area contributed by atoms with Gasteiger partial charge in [-0.2, -0.15) is 18.3 Å². The quantitative estimate of drug-likeness (QED) is 0.401. The van der Waals surface area contributed by atoms with Crippen molar-refractivity contribution in [3.63, 3.8) is 0 Å². The van der Waals surface area contributed by atoms with Crippen LogP contribution in [-0.2, 0) is 6.18 Å². The smallest absolute Gasteiger partial charge is 0.337 e. The molecule has 5 rings (SSSR count). The van der Waals surface area contributed by atoms with Crippen molar-refractivity contribution in [2.75, 3.05) is 13.1 Å². The molecule has 2 aromatic carbocycles. The summed E-state index contributed by atoms with van der Waals surface area (Å²) in [6.07, 6.45) is -4.01. The fourth-order valence-corrected chi connectivity index (χ4v) is 4.15. The normalized spacial score (nSPS) is 16.5. The highest BCUT2D eigenvalue weighted by atomic mass is 19.4. The molecular weight excluding hydrogens is 436 g/mol. The van der Waals surface area contributed by atoms with E-state index in [-0.39, 0.29) is 28.8 Å². The minimum Gasteiger partial charge on any atom is -0.337 e. The summed E-state index contributed by atoms with van der Waals surface area (Å²) in [5.41, 5.74) is 0.429. The molecule has 2 aromatic heterocycles. The van der Waals surface area contributed by atoms with Gasteiger partial charge in [0, 0.05) is 30.6 Å². The number of hydrogen-bond acceptors (Lipinski definition) is 3. The van der Waals surface area contributed by atoms with Gasteiger partial charge < -0.3 is 4.90 Å². The molecule has 1 atom stereocenters.